The normalized spacial score (nSPS) is 11.1. The van der Waals surface area contributed by atoms with Crippen molar-refractivity contribution in [2.24, 2.45) is 0 Å². The molecule has 0 atom stereocenters. The van der Waals surface area contributed by atoms with Crippen LogP contribution in [0.4, 0.5) is 0 Å². The highest BCUT2D eigenvalue weighted by atomic mass is 28.3. The first-order chi connectivity index (χ1) is 15.2. The molecule has 2 nitrogen and oxygen atoms in total. The van der Waals surface area contributed by atoms with Gasteiger partial charge in [-0.1, -0.05) is 120 Å². The topological polar surface area (TPSA) is 34.1 Å². The summed E-state index contributed by atoms with van der Waals surface area (Å²) in [6.07, 6.45) is 1.77. The van der Waals surface area contributed by atoms with Crippen LogP contribution in [0.3, 0.4) is 0 Å². The summed E-state index contributed by atoms with van der Waals surface area (Å²) in [5.74, 6) is 0. The molecule has 0 heterocycles. The fraction of sp³-hybridized carbons (Fsp3) is 0.0714. The van der Waals surface area contributed by atoms with E-state index in [1.807, 2.05) is 24.3 Å². The smallest absolute Gasteiger partial charge is 0.150 e. The van der Waals surface area contributed by atoms with Gasteiger partial charge in [0.15, 0.2) is 0 Å². The van der Waals surface area contributed by atoms with Crippen LogP contribution in [0.15, 0.2) is 109 Å². The molecular weight excluding hydrogens is 396 g/mol. The average molecular weight is 421 g/mol. The monoisotopic (exact) mass is 420 g/mol. The van der Waals surface area contributed by atoms with Gasteiger partial charge in [-0.05, 0) is 23.2 Å². The molecule has 4 aromatic rings. The fourth-order valence-corrected chi connectivity index (χ4v) is 9.08. The van der Waals surface area contributed by atoms with Crippen LogP contribution in [-0.2, 0) is 12.1 Å². The van der Waals surface area contributed by atoms with Crippen molar-refractivity contribution in [1.29, 1.82) is 0 Å². The summed E-state index contributed by atoms with van der Waals surface area (Å²) in [4.78, 5) is 22.2. The molecule has 0 bridgehead atoms. The summed E-state index contributed by atoms with van der Waals surface area (Å²) in [5, 5.41) is 2.75. The first-order valence-electron chi connectivity index (χ1n) is 10.4. The molecule has 0 radical (unpaired) electrons. The van der Waals surface area contributed by atoms with Crippen LogP contribution in [-0.4, -0.2) is 20.6 Å². The van der Waals surface area contributed by atoms with Gasteiger partial charge in [0.1, 0.15) is 20.6 Å². The quantitative estimate of drug-likeness (QED) is 0.312. The molecule has 4 rings (SSSR count). The summed E-state index contributed by atoms with van der Waals surface area (Å²) >= 11 is 0. The van der Waals surface area contributed by atoms with E-state index in [9.17, 15) is 9.59 Å². The Balaban J connectivity index is 1.86. The summed E-state index contributed by atoms with van der Waals surface area (Å²) in [6, 6.07) is 39.3. The molecule has 31 heavy (non-hydrogen) atoms. The first-order valence-corrected chi connectivity index (χ1v) is 12.8. The largest absolute Gasteiger partial charge is 0.298 e. The van der Waals surface area contributed by atoms with E-state index in [-0.39, 0.29) is 0 Å². The number of rotatable bonds is 8. The molecule has 152 valence electrons. The van der Waals surface area contributed by atoms with Crippen LogP contribution >= 0.6 is 0 Å². The van der Waals surface area contributed by atoms with Crippen molar-refractivity contribution in [2.75, 3.05) is 0 Å². The minimum absolute atomic E-state index is 0.694. The van der Waals surface area contributed by atoms with Crippen LogP contribution in [0, 0.1) is 0 Å². The summed E-state index contributed by atoms with van der Waals surface area (Å²) < 4.78 is 0. The third kappa shape index (κ3) is 4.62. The second-order valence-corrected chi connectivity index (χ2v) is 11.9. The number of carbonyl (C=O) groups excluding carboxylic acids is 2. The fourth-order valence-electron chi connectivity index (χ4n) is 4.28. The Morgan fingerprint density at radius 2 is 0.839 bits per heavy atom. The summed E-state index contributed by atoms with van der Waals surface area (Å²) in [7, 11) is -2.26. The Kier molecular flexibility index (Phi) is 6.34. The van der Waals surface area contributed by atoms with E-state index in [0.717, 1.165) is 24.7 Å². The minimum atomic E-state index is -2.26. The van der Waals surface area contributed by atoms with Crippen LogP contribution in [0.1, 0.15) is 31.8 Å². The zero-order chi connectivity index (χ0) is 21.5. The molecule has 0 spiro atoms. The molecule has 0 amide bonds. The molecule has 3 heteroatoms. The Bertz CT molecular complexity index is 1040. The van der Waals surface area contributed by atoms with Gasteiger partial charge in [0, 0.05) is 11.1 Å². The Morgan fingerprint density at radius 3 is 1.16 bits per heavy atom. The maximum absolute atomic E-state index is 11.1. The van der Waals surface area contributed by atoms with Gasteiger partial charge in [0.05, 0.1) is 0 Å². The van der Waals surface area contributed by atoms with E-state index in [1.54, 1.807) is 0 Å². The number of benzene rings is 4. The molecule has 0 aliphatic carbocycles. The zero-order valence-electron chi connectivity index (χ0n) is 17.3. The van der Waals surface area contributed by atoms with Crippen molar-refractivity contribution in [3.8, 4) is 0 Å². The first kappa shape index (κ1) is 20.7. The van der Waals surface area contributed by atoms with Crippen molar-refractivity contribution in [3.05, 3.63) is 131 Å². The van der Waals surface area contributed by atoms with Gasteiger partial charge >= 0.3 is 0 Å². The second-order valence-electron chi connectivity index (χ2n) is 7.89. The lowest BCUT2D eigenvalue weighted by Crippen LogP contribution is -2.62. The highest BCUT2D eigenvalue weighted by molar-refractivity contribution is 7.01. The maximum Gasteiger partial charge on any atom is 0.150 e. The van der Waals surface area contributed by atoms with Crippen LogP contribution < -0.4 is 10.4 Å². The molecule has 0 saturated heterocycles. The minimum Gasteiger partial charge on any atom is -0.298 e. The number of hydrogen-bond donors (Lipinski definition) is 0. The molecule has 0 aliphatic heterocycles. The molecule has 0 N–H and O–H groups in total. The molecule has 4 aromatic carbocycles. The predicted molar refractivity (Wildman–Crippen MR) is 129 cm³/mol. The molecule has 0 saturated carbocycles. The molecular formula is C28H24O2Si. The van der Waals surface area contributed by atoms with Gasteiger partial charge < -0.3 is 0 Å². The maximum atomic E-state index is 11.1. The van der Waals surface area contributed by atoms with E-state index in [4.69, 9.17) is 0 Å². The standard InChI is InChI=1S/C28H24O2Si/c29-19-23-11-15-25(16-12-23)21-31(27-7-3-1-4-8-27,28-9-5-2-6-10-28)22-26-17-13-24(20-30)14-18-26/h1-20H,21-22H2. The SMILES string of the molecule is O=Cc1ccc(C[Si](Cc2ccc(C=O)cc2)(c2ccccc2)c2ccccc2)cc1. The summed E-state index contributed by atoms with van der Waals surface area (Å²) in [6.45, 7) is 0. The van der Waals surface area contributed by atoms with Gasteiger partial charge in [-0.15, -0.1) is 0 Å². The highest BCUT2D eigenvalue weighted by Crippen LogP contribution is 2.20. The second kappa shape index (κ2) is 9.50. The molecule has 0 aromatic heterocycles. The highest BCUT2D eigenvalue weighted by Gasteiger charge is 2.37. The van der Waals surface area contributed by atoms with Crippen molar-refractivity contribution in [3.63, 3.8) is 0 Å². The van der Waals surface area contributed by atoms with E-state index in [1.165, 1.54) is 21.5 Å². The molecule has 0 aliphatic rings. The van der Waals surface area contributed by atoms with Crippen LogP contribution in [0.5, 0.6) is 0 Å². The third-order valence-corrected chi connectivity index (χ3v) is 10.8. The lowest BCUT2D eigenvalue weighted by molar-refractivity contribution is 0.111. The lowest BCUT2D eigenvalue weighted by Gasteiger charge is -2.34. The number of aldehydes is 2. The average Bonchev–Trinajstić information content (AvgIpc) is 2.85. The van der Waals surface area contributed by atoms with Crippen molar-refractivity contribution in [1.82, 2.24) is 0 Å². The van der Waals surface area contributed by atoms with Crippen LogP contribution in [0.25, 0.3) is 0 Å². The van der Waals surface area contributed by atoms with Crippen molar-refractivity contribution >= 4 is 31.0 Å². The van der Waals surface area contributed by atoms with Gasteiger partial charge in [-0.25, -0.2) is 0 Å². The Hall–Kier alpha value is -3.56. The third-order valence-electron chi connectivity index (χ3n) is 5.90. The zero-order valence-corrected chi connectivity index (χ0v) is 18.3. The molecule has 0 unspecified atom stereocenters. The van der Waals surface area contributed by atoms with Gasteiger partial charge in [0.25, 0.3) is 0 Å². The van der Waals surface area contributed by atoms with Gasteiger partial charge in [-0.2, -0.15) is 0 Å². The Morgan fingerprint density at radius 1 is 0.484 bits per heavy atom. The van der Waals surface area contributed by atoms with E-state index >= 15 is 0 Å². The number of carbonyl (C=O) groups is 2. The van der Waals surface area contributed by atoms with Crippen molar-refractivity contribution in [2.45, 2.75) is 12.1 Å². The predicted octanol–water partition coefficient (Wildman–Crippen LogP) is 4.44. The Labute approximate surface area is 184 Å². The van der Waals surface area contributed by atoms with Crippen molar-refractivity contribution < 1.29 is 9.59 Å². The summed E-state index contributed by atoms with van der Waals surface area (Å²) in [5.41, 5.74) is 3.85. The lowest BCUT2D eigenvalue weighted by atomic mass is 10.2. The van der Waals surface area contributed by atoms with E-state index in [2.05, 4.69) is 84.9 Å². The molecule has 0 fully saturated rings. The number of hydrogen-bond acceptors (Lipinski definition) is 2. The van der Waals surface area contributed by atoms with Gasteiger partial charge in [0.2, 0.25) is 0 Å². The van der Waals surface area contributed by atoms with Gasteiger partial charge in [-0.3, -0.25) is 9.59 Å². The van der Waals surface area contributed by atoms with Crippen LogP contribution in [0.2, 0.25) is 0 Å². The van der Waals surface area contributed by atoms with E-state index < -0.39 is 8.07 Å². The van der Waals surface area contributed by atoms with E-state index in [0.29, 0.717) is 11.1 Å².